The van der Waals surface area contributed by atoms with Gasteiger partial charge in [0.2, 0.25) is 0 Å². The van der Waals surface area contributed by atoms with Crippen molar-refractivity contribution in [3.05, 3.63) is 54.1 Å². The van der Waals surface area contributed by atoms with Crippen molar-refractivity contribution in [2.24, 2.45) is 5.10 Å². The summed E-state index contributed by atoms with van der Waals surface area (Å²) in [6, 6.07) is 15.4. The van der Waals surface area contributed by atoms with E-state index in [0.29, 0.717) is 11.6 Å². The third kappa shape index (κ3) is 2.63. The number of aromatic amines is 1. The fourth-order valence-electron chi connectivity index (χ4n) is 2.42. The van der Waals surface area contributed by atoms with E-state index < -0.39 is 0 Å². The van der Waals surface area contributed by atoms with Crippen LogP contribution in [0.2, 0.25) is 0 Å². The molecule has 2 heterocycles. The molecule has 0 radical (unpaired) electrons. The summed E-state index contributed by atoms with van der Waals surface area (Å²) in [7, 11) is 1.63. The van der Waals surface area contributed by atoms with Crippen LogP contribution >= 0.6 is 0 Å². The van der Waals surface area contributed by atoms with E-state index in [1.807, 2.05) is 48.5 Å². The number of nitrogens with one attached hydrogen (secondary N) is 2. The van der Waals surface area contributed by atoms with Gasteiger partial charge in [-0.2, -0.15) is 10.1 Å². The summed E-state index contributed by atoms with van der Waals surface area (Å²) in [6.45, 7) is 0. The highest BCUT2D eigenvalue weighted by Gasteiger charge is 2.07. The van der Waals surface area contributed by atoms with Gasteiger partial charge in [0.15, 0.2) is 5.65 Å². The molecular formula is C17H14N6O. The summed E-state index contributed by atoms with van der Waals surface area (Å²) >= 11 is 0. The van der Waals surface area contributed by atoms with E-state index in [9.17, 15) is 0 Å². The van der Waals surface area contributed by atoms with Gasteiger partial charge in [-0.15, -0.1) is 10.2 Å². The second-order valence-corrected chi connectivity index (χ2v) is 5.15. The molecule has 0 aliphatic heterocycles. The number of nitrogens with zero attached hydrogens (tertiary/aromatic N) is 4. The van der Waals surface area contributed by atoms with Gasteiger partial charge >= 0.3 is 0 Å². The van der Waals surface area contributed by atoms with Crippen LogP contribution in [0.1, 0.15) is 5.56 Å². The number of hydrogen-bond donors (Lipinski definition) is 2. The maximum absolute atomic E-state index is 5.12. The average Bonchev–Trinajstić information content (AvgIpc) is 3.00. The van der Waals surface area contributed by atoms with E-state index in [-0.39, 0.29) is 0 Å². The van der Waals surface area contributed by atoms with Crippen LogP contribution in [0, 0.1) is 0 Å². The summed E-state index contributed by atoms with van der Waals surface area (Å²) in [5.41, 5.74) is 6.12. The number of methoxy groups -OCH3 is 1. The largest absolute Gasteiger partial charge is 0.497 e. The first-order valence-electron chi connectivity index (χ1n) is 7.38. The van der Waals surface area contributed by atoms with Crippen LogP contribution in [0.4, 0.5) is 5.95 Å². The lowest BCUT2D eigenvalue weighted by Gasteiger charge is -1.99. The van der Waals surface area contributed by atoms with Gasteiger partial charge in [0.1, 0.15) is 11.3 Å². The summed E-state index contributed by atoms with van der Waals surface area (Å²) in [4.78, 5) is 7.62. The zero-order valence-electron chi connectivity index (χ0n) is 12.9. The number of hydrogen-bond acceptors (Lipinski definition) is 6. The van der Waals surface area contributed by atoms with Gasteiger partial charge in [-0.1, -0.05) is 18.2 Å². The van der Waals surface area contributed by atoms with Crippen LogP contribution in [0.15, 0.2) is 53.6 Å². The smallest absolute Gasteiger partial charge is 0.265 e. The molecule has 7 heteroatoms. The second-order valence-electron chi connectivity index (χ2n) is 5.15. The standard InChI is InChI=1S/C17H14N6O/c1-24-12-8-6-11(7-9-12)10-18-22-17-20-16-15(21-23-17)13-4-2-3-5-14(13)19-16/h2-10H,1H3,(H2,19,20,22,23). The fraction of sp³-hybridized carbons (Fsp3) is 0.0588. The Hall–Kier alpha value is -3.48. The summed E-state index contributed by atoms with van der Waals surface area (Å²) < 4.78 is 5.12. The molecule has 2 N–H and O–H groups in total. The molecule has 0 unspecified atom stereocenters. The van der Waals surface area contributed by atoms with Crippen LogP contribution in [-0.2, 0) is 0 Å². The predicted octanol–water partition coefficient (Wildman–Crippen LogP) is 2.96. The molecule has 4 rings (SSSR count). The number of ether oxygens (including phenoxy) is 1. The van der Waals surface area contributed by atoms with E-state index in [2.05, 4.69) is 30.7 Å². The number of fused-ring (bicyclic) bond motifs is 3. The molecule has 4 aromatic rings. The second kappa shape index (κ2) is 5.96. The van der Waals surface area contributed by atoms with Crippen LogP contribution < -0.4 is 10.2 Å². The first kappa shape index (κ1) is 14.1. The minimum Gasteiger partial charge on any atom is -0.497 e. The number of aromatic nitrogens is 4. The van der Waals surface area contributed by atoms with Gasteiger partial charge in [0.25, 0.3) is 5.95 Å². The predicted molar refractivity (Wildman–Crippen MR) is 93.4 cm³/mol. The maximum atomic E-state index is 5.12. The number of para-hydroxylation sites is 1. The Balaban J connectivity index is 1.55. The van der Waals surface area contributed by atoms with Crippen molar-refractivity contribution in [1.82, 2.24) is 20.2 Å². The van der Waals surface area contributed by atoms with Crippen molar-refractivity contribution < 1.29 is 4.74 Å². The molecule has 2 aromatic carbocycles. The molecule has 0 saturated heterocycles. The van der Waals surface area contributed by atoms with E-state index in [1.54, 1.807) is 13.3 Å². The average molecular weight is 318 g/mol. The lowest BCUT2D eigenvalue weighted by Crippen LogP contribution is -1.99. The molecule has 0 spiro atoms. The van der Waals surface area contributed by atoms with Crippen LogP contribution in [0.3, 0.4) is 0 Å². The number of benzene rings is 2. The molecule has 0 fully saturated rings. The van der Waals surface area contributed by atoms with E-state index in [0.717, 1.165) is 27.7 Å². The lowest BCUT2D eigenvalue weighted by molar-refractivity contribution is 0.415. The lowest BCUT2D eigenvalue weighted by atomic mass is 10.2. The summed E-state index contributed by atoms with van der Waals surface area (Å²) in [5, 5.41) is 13.4. The van der Waals surface area contributed by atoms with Crippen molar-refractivity contribution >= 4 is 34.2 Å². The zero-order valence-corrected chi connectivity index (χ0v) is 12.9. The highest BCUT2D eigenvalue weighted by Crippen LogP contribution is 2.21. The minimum atomic E-state index is 0.332. The van der Waals surface area contributed by atoms with Gasteiger partial charge in [-0.05, 0) is 35.9 Å². The molecule has 0 atom stereocenters. The Bertz CT molecular complexity index is 1020. The van der Waals surface area contributed by atoms with Crippen LogP contribution in [0.5, 0.6) is 5.75 Å². The number of anilines is 1. The monoisotopic (exact) mass is 318 g/mol. The molecule has 0 amide bonds. The molecule has 0 aliphatic rings. The number of hydrazone groups is 1. The Morgan fingerprint density at radius 1 is 1.08 bits per heavy atom. The molecule has 0 bridgehead atoms. The minimum absolute atomic E-state index is 0.332. The van der Waals surface area contributed by atoms with Gasteiger partial charge in [0.05, 0.1) is 13.3 Å². The van der Waals surface area contributed by atoms with Gasteiger partial charge in [-0.3, -0.25) is 0 Å². The Morgan fingerprint density at radius 2 is 1.92 bits per heavy atom. The highest BCUT2D eigenvalue weighted by atomic mass is 16.5. The number of rotatable bonds is 4. The van der Waals surface area contributed by atoms with Crippen molar-refractivity contribution in [2.75, 3.05) is 12.5 Å². The third-order valence-electron chi connectivity index (χ3n) is 3.62. The first-order valence-corrected chi connectivity index (χ1v) is 7.38. The fourth-order valence-corrected chi connectivity index (χ4v) is 2.42. The first-order chi connectivity index (χ1) is 11.8. The van der Waals surface area contributed by atoms with Crippen molar-refractivity contribution in [3.8, 4) is 5.75 Å². The van der Waals surface area contributed by atoms with Gasteiger partial charge < -0.3 is 9.72 Å². The van der Waals surface area contributed by atoms with Gasteiger partial charge in [-0.25, -0.2) is 5.43 Å². The van der Waals surface area contributed by atoms with E-state index in [1.165, 1.54) is 0 Å². The van der Waals surface area contributed by atoms with Gasteiger partial charge in [0, 0.05) is 10.9 Å². The Morgan fingerprint density at radius 3 is 2.75 bits per heavy atom. The topological polar surface area (TPSA) is 88.1 Å². The van der Waals surface area contributed by atoms with Crippen molar-refractivity contribution in [3.63, 3.8) is 0 Å². The Labute approximate surface area is 137 Å². The number of H-pyrrole nitrogens is 1. The van der Waals surface area contributed by atoms with Crippen LogP contribution in [-0.4, -0.2) is 33.5 Å². The SMILES string of the molecule is COc1ccc(C=NNc2nnc3c(n2)[nH]c2ccccc23)cc1. The Kier molecular flexibility index (Phi) is 3.51. The normalized spacial score (nSPS) is 11.4. The molecule has 0 aliphatic carbocycles. The quantitative estimate of drug-likeness (QED) is 0.446. The third-order valence-corrected chi connectivity index (χ3v) is 3.62. The van der Waals surface area contributed by atoms with Crippen molar-refractivity contribution in [1.29, 1.82) is 0 Å². The van der Waals surface area contributed by atoms with E-state index in [4.69, 9.17) is 4.74 Å². The molecule has 118 valence electrons. The van der Waals surface area contributed by atoms with Crippen molar-refractivity contribution in [2.45, 2.75) is 0 Å². The van der Waals surface area contributed by atoms with E-state index >= 15 is 0 Å². The molecule has 0 saturated carbocycles. The molecule has 7 nitrogen and oxygen atoms in total. The highest BCUT2D eigenvalue weighted by molar-refractivity contribution is 6.03. The van der Waals surface area contributed by atoms with Crippen LogP contribution in [0.25, 0.3) is 22.1 Å². The molecule has 2 aromatic heterocycles. The summed E-state index contributed by atoms with van der Waals surface area (Å²) in [5.74, 6) is 1.13. The molecular weight excluding hydrogens is 304 g/mol. The molecule has 24 heavy (non-hydrogen) atoms. The maximum Gasteiger partial charge on any atom is 0.265 e. The summed E-state index contributed by atoms with van der Waals surface area (Å²) in [6.07, 6.45) is 1.68. The zero-order chi connectivity index (χ0) is 16.4.